The molecule has 0 saturated carbocycles. The topological polar surface area (TPSA) is 61.8 Å². The molecule has 0 spiro atoms. The molecule has 3 atom stereocenters. The highest BCUT2D eigenvalue weighted by Crippen LogP contribution is 2.34. The van der Waals surface area contributed by atoms with Crippen molar-refractivity contribution in [2.45, 2.75) is 70.2 Å². The van der Waals surface area contributed by atoms with Crippen LogP contribution in [0.3, 0.4) is 0 Å². The molecule has 3 aliphatic heterocycles. The summed E-state index contributed by atoms with van der Waals surface area (Å²) < 4.78 is 5.95. The number of fused-ring (bicyclic) bond motifs is 2. The molecule has 0 aliphatic carbocycles. The van der Waals surface area contributed by atoms with Gasteiger partial charge in [0, 0.05) is 25.8 Å². The largest absolute Gasteiger partial charge is 0.373 e. The van der Waals surface area contributed by atoms with E-state index in [9.17, 15) is 0 Å². The maximum atomic E-state index is 5.95. The summed E-state index contributed by atoms with van der Waals surface area (Å²) in [6, 6.07) is 4.66. The molecule has 7 heteroatoms. The summed E-state index contributed by atoms with van der Waals surface area (Å²) in [4.78, 5) is 11.8. The number of hydrogen-bond acceptors (Lipinski definition) is 4. The van der Waals surface area contributed by atoms with Crippen LogP contribution in [-0.4, -0.2) is 48.8 Å². The summed E-state index contributed by atoms with van der Waals surface area (Å²) in [6.07, 6.45) is 10.1. The van der Waals surface area contributed by atoms with Gasteiger partial charge in [0.05, 0.1) is 24.8 Å². The van der Waals surface area contributed by atoms with E-state index >= 15 is 0 Å². The third-order valence-electron chi connectivity index (χ3n) is 5.68. The van der Waals surface area contributed by atoms with E-state index in [0.29, 0.717) is 24.8 Å². The second kappa shape index (κ2) is 9.91. The third-order valence-corrected chi connectivity index (χ3v) is 5.68. The molecule has 1 aromatic heterocycles. The van der Waals surface area contributed by atoms with Gasteiger partial charge in [-0.3, -0.25) is 0 Å². The molecule has 27 heavy (non-hydrogen) atoms. The minimum absolute atomic E-state index is 0. The van der Waals surface area contributed by atoms with Crippen LogP contribution in [0.5, 0.6) is 0 Å². The molecule has 1 aromatic rings. The lowest BCUT2D eigenvalue weighted by Crippen LogP contribution is -2.47. The highest BCUT2D eigenvalue weighted by Gasteiger charge is 2.41. The molecule has 3 saturated heterocycles. The molecule has 6 nitrogen and oxygen atoms in total. The van der Waals surface area contributed by atoms with E-state index < -0.39 is 0 Å². The van der Waals surface area contributed by atoms with Crippen molar-refractivity contribution in [2.24, 2.45) is 4.99 Å². The van der Waals surface area contributed by atoms with E-state index in [-0.39, 0.29) is 24.0 Å². The van der Waals surface area contributed by atoms with Crippen molar-refractivity contribution in [3.63, 3.8) is 0 Å². The van der Waals surface area contributed by atoms with Crippen molar-refractivity contribution >= 4 is 35.8 Å². The number of halogens is 1. The molecule has 3 fully saturated rings. The number of anilines is 1. The van der Waals surface area contributed by atoms with Gasteiger partial charge in [-0.05, 0) is 63.1 Å². The maximum absolute atomic E-state index is 5.95. The Kier molecular flexibility index (Phi) is 7.57. The average molecular weight is 485 g/mol. The Bertz CT molecular complexity index is 635. The summed E-state index contributed by atoms with van der Waals surface area (Å²) >= 11 is 0. The molecular weight excluding hydrogens is 453 g/mol. The zero-order chi connectivity index (χ0) is 17.8. The van der Waals surface area contributed by atoms with E-state index in [1.807, 2.05) is 6.20 Å². The number of nitrogens with one attached hydrogen (secondary N) is 2. The standard InChI is InChI=1S/C20H31N5O.HI/c1-2-21-20(24-17-13-16-6-7-18(17)26-16)23-14-15-8-9-22-19(12-15)25-10-4-3-5-11-25;/h8-9,12,16-18H,2-7,10-11,13-14H2,1H3,(H2,21,23,24);1H. The van der Waals surface area contributed by atoms with Crippen LogP contribution in [0.15, 0.2) is 23.3 Å². The predicted octanol–water partition coefficient (Wildman–Crippen LogP) is 3.06. The number of aliphatic imine (C=N–C) groups is 1. The molecule has 0 aromatic carbocycles. The van der Waals surface area contributed by atoms with Crippen LogP contribution in [0, 0.1) is 0 Å². The second-order valence-corrected chi connectivity index (χ2v) is 7.63. The van der Waals surface area contributed by atoms with E-state index in [4.69, 9.17) is 9.73 Å². The summed E-state index contributed by atoms with van der Waals surface area (Å²) in [6.45, 7) is 5.88. The number of ether oxygens (including phenoxy) is 1. The first-order valence-corrected chi connectivity index (χ1v) is 10.2. The number of nitrogens with zero attached hydrogens (tertiary/aromatic N) is 3. The van der Waals surface area contributed by atoms with Crippen molar-refractivity contribution in [2.75, 3.05) is 24.5 Å². The summed E-state index contributed by atoms with van der Waals surface area (Å²) in [5, 5.41) is 6.96. The van der Waals surface area contributed by atoms with Crippen LogP contribution in [0.2, 0.25) is 0 Å². The van der Waals surface area contributed by atoms with Gasteiger partial charge in [-0.2, -0.15) is 0 Å². The van der Waals surface area contributed by atoms with Crippen molar-refractivity contribution in [1.82, 2.24) is 15.6 Å². The number of rotatable bonds is 5. The maximum Gasteiger partial charge on any atom is 0.191 e. The molecule has 0 amide bonds. The molecule has 150 valence electrons. The SMILES string of the molecule is CCNC(=NCc1ccnc(N2CCCCC2)c1)NC1CC2CCC1O2.I. The monoisotopic (exact) mass is 485 g/mol. The van der Waals surface area contributed by atoms with Crippen molar-refractivity contribution in [3.8, 4) is 0 Å². The van der Waals surface area contributed by atoms with Gasteiger partial charge in [0.25, 0.3) is 0 Å². The predicted molar refractivity (Wildman–Crippen MR) is 120 cm³/mol. The number of aromatic nitrogens is 1. The first-order valence-electron chi connectivity index (χ1n) is 10.2. The van der Waals surface area contributed by atoms with Gasteiger partial charge in [-0.1, -0.05) is 0 Å². The lowest BCUT2D eigenvalue weighted by Gasteiger charge is -2.27. The zero-order valence-corrected chi connectivity index (χ0v) is 18.5. The smallest absolute Gasteiger partial charge is 0.191 e. The fourth-order valence-corrected chi connectivity index (χ4v) is 4.31. The molecule has 3 aliphatic rings. The van der Waals surface area contributed by atoms with Gasteiger partial charge in [0.2, 0.25) is 0 Å². The first-order chi connectivity index (χ1) is 12.8. The molecule has 0 radical (unpaired) electrons. The van der Waals surface area contributed by atoms with Crippen LogP contribution in [0.1, 0.15) is 51.0 Å². The lowest BCUT2D eigenvalue weighted by molar-refractivity contribution is 0.0992. The van der Waals surface area contributed by atoms with E-state index in [1.165, 1.54) is 37.7 Å². The summed E-state index contributed by atoms with van der Waals surface area (Å²) in [5.74, 6) is 1.99. The lowest BCUT2D eigenvalue weighted by atomic mass is 9.96. The number of pyridine rings is 1. The van der Waals surface area contributed by atoms with Crippen molar-refractivity contribution < 1.29 is 4.74 Å². The quantitative estimate of drug-likeness (QED) is 0.382. The number of piperidine rings is 1. The number of guanidine groups is 1. The Morgan fingerprint density at radius 3 is 2.85 bits per heavy atom. The van der Waals surface area contributed by atoms with Crippen molar-refractivity contribution in [3.05, 3.63) is 23.9 Å². The van der Waals surface area contributed by atoms with Crippen LogP contribution in [0.25, 0.3) is 0 Å². The van der Waals surface area contributed by atoms with Crippen LogP contribution in [-0.2, 0) is 11.3 Å². The Balaban J connectivity index is 0.00000210. The van der Waals surface area contributed by atoms with Gasteiger partial charge in [-0.25, -0.2) is 9.98 Å². The highest BCUT2D eigenvalue weighted by atomic mass is 127. The fourth-order valence-electron chi connectivity index (χ4n) is 4.31. The minimum atomic E-state index is 0. The summed E-state index contributed by atoms with van der Waals surface area (Å²) in [5.41, 5.74) is 1.21. The van der Waals surface area contributed by atoms with Gasteiger partial charge >= 0.3 is 0 Å². The Morgan fingerprint density at radius 2 is 2.15 bits per heavy atom. The van der Waals surface area contributed by atoms with Gasteiger partial charge < -0.3 is 20.3 Å². The minimum Gasteiger partial charge on any atom is -0.373 e. The normalized spacial score (nSPS) is 27.4. The molecule has 2 bridgehead atoms. The number of hydrogen-bond donors (Lipinski definition) is 2. The third kappa shape index (κ3) is 5.25. The van der Waals surface area contributed by atoms with E-state index in [1.54, 1.807) is 0 Å². The Hall–Kier alpha value is -1.09. The van der Waals surface area contributed by atoms with Gasteiger partial charge in [-0.15, -0.1) is 24.0 Å². The molecule has 3 unspecified atom stereocenters. The van der Waals surface area contributed by atoms with Crippen molar-refractivity contribution in [1.29, 1.82) is 0 Å². The Morgan fingerprint density at radius 1 is 1.30 bits per heavy atom. The van der Waals surface area contributed by atoms with E-state index in [0.717, 1.165) is 37.8 Å². The van der Waals surface area contributed by atoms with Gasteiger partial charge in [0.15, 0.2) is 5.96 Å². The zero-order valence-electron chi connectivity index (χ0n) is 16.2. The van der Waals surface area contributed by atoms with Crippen LogP contribution >= 0.6 is 24.0 Å². The highest BCUT2D eigenvalue weighted by molar-refractivity contribution is 14.0. The van der Waals surface area contributed by atoms with Crippen LogP contribution < -0.4 is 15.5 Å². The van der Waals surface area contributed by atoms with Gasteiger partial charge in [0.1, 0.15) is 5.82 Å². The molecule has 4 heterocycles. The van der Waals surface area contributed by atoms with E-state index in [2.05, 4.69) is 39.6 Å². The fraction of sp³-hybridized carbons (Fsp3) is 0.700. The Labute approximate surface area is 179 Å². The summed E-state index contributed by atoms with van der Waals surface area (Å²) in [7, 11) is 0. The first kappa shape index (κ1) is 20.6. The molecule has 4 rings (SSSR count). The molecule has 2 N–H and O–H groups in total. The average Bonchev–Trinajstić information content (AvgIpc) is 3.30. The second-order valence-electron chi connectivity index (χ2n) is 7.63. The van der Waals surface area contributed by atoms with Crippen LogP contribution in [0.4, 0.5) is 5.82 Å². The molecular formula is C20H32IN5O.